The van der Waals surface area contributed by atoms with Gasteiger partial charge in [-0.25, -0.2) is 0 Å². The van der Waals surface area contributed by atoms with Crippen molar-refractivity contribution in [2.75, 3.05) is 36.1 Å². The second-order valence-electron chi connectivity index (χ2n) is 7.17. The third kappa shape index (κ3) is 4.87. The molecule has 2 fully saturated rings. The van der Waals surface area contributed by atoms with Gasteiger partial charge >= 0.3 is 6.18 Å². The number of carbonyl (C=O) groups excluding carboxylic acids is 1. The maximum atomic E-state index is 13.1. The van der Waals surface area contributed by atoms with Gasteiger partial charge in [-0.1, -0.05) is 36.1 Å². The van der Waals surface area contributed by atoms with E-state index in [9.17, 15) is 28.1 Å². The molecule has 33 heavy (non-hydrogen) atoms. The Hall–Kier alpha value is -2.96. The molecule has 0 unspecified atom stereocenters. The fourth-order valence-corrected chi connectivity index (χ4v) is 4.81. The van der Waals surface area contributed by atoms with Gasteiger partial charge in [-0.2, -0.15) is 13.2 Å². The fourth-order valence-electron chi connectivity index (χ4n) is 3.51. The zero-order valence-corrected chi connectivity index (χ0v) is 18.5. The van der Waals surface area contributed by atoms with Crippen molar-refractivity contribution in [1.29, 1.82) is 0 Å². The molecule has 0 spiro atoms. The molecule has 2 aromatic carbocycles. The molecule has 0 radical (unpaired) electrons. The Kier molecular flexibility index (Phi) is 6.41. The molecule has 0 bridgehead atoms. The zero-order chi connectivity index (χ0) is 23.8. The number of nitrogens with zero attached hydrogens (tertiary/aromatic N) is 3. The standard InChI is InChI=1S/C21H16F3N3O4S2/c22-21(23,24)14-2-1-3-15(12-14)26-19(28)18(33-20(26)32)11-13-4-5-16(17(10-13)27(29)30)25-6-8-31-9-7-25/h1-5,10-12H,6-9H2/b18-11+. The lowest BCUT2D eigenvalue weighted by atomic mass is 10.1. The van der Waals surface area contributed by atoms with E-state index in [0.717, 1.165) is 28.8 Å². The Labute approximate surface area is 195 Å². The van der Waals surface area contributed by atoms with Crippen molar-refractivity contribution in [2.24, 2.45) is 0 Å². The van der Waals surface area contributed by atoms with E-state index in [2.05, 4.69) is 0 Å². The minimum atomic E-state index is -4.56. The van der Waals surface area contributed by atoms with Crippen LogP contribution in [-0.4, -0.2) is 41.5 Å². The van der Waals surface area contributed by atoms with Gasteiger partial charge in [0, 0.05) is 19.2 Å². The van der Waals surface area contributed by atoms with Crippen molar-refractivity contribution in [2.45, 2.75) is 6.18 Å². The monoisotopic (exact) mass is 495 g/mol. The van der Waals surface area contributed by atoms with Crippen LogP contribution in [0.15, 0.2) is 47.4 Å². The summed E-state index contributed by atoms with van der Waals surface area (Å²) in [5.41, 5.74) is -0.143. The SMILES string of the molecule is O=C1/C(=C\c2ccc(N3CCOCC3)c([N+](=O)[O-])c2)SC(=S)N1c1cccc(C(F)(F)F)c1. The summed E-state index contributed by atoms with van der Waals surface area (Å²) in [5, 5.41) is 11.7. The van der Waals surface area contributed by atoms with E-state index < -0.39 is 22.6 Å². The molecular formula is C21H16F3N3O4S2. The van der Waals surface area contributed by atoms with Crippen LogP contribution in [0.25, 0.3) is 6.08 Å². The molecule has 7 nitrogen and oxygen atoms in total. The summed E-state index contributed by atoms with van der Waals surface area (Å²) in [7, 11) is 0. The minimum Gasteiger partial charge on any atom is -0.378 e. The van der Waals surface area contributed by atoms with Crippen LogP contribution in [0.2, 0.25) is 0 Å². The number of rotatable bonds is 4. The Morgan fingerprint density at radius 3 is 2.55 bits per heavy atom. The van der Waals surface area contributed by atoms with Crippen LogP contribution in [0.3, 0.4) is 0 Å². The number of alkyl halides is 3. The number of thiocarbonyl (C=S) groups is 1. The third-order valence-corrected chi connectivity index (χ3v) is 6.37. The number of nitro groups is 1. The predicted molar refractivity (Wildman–Crippen MR) is 123 cm³/mol. The first-order valence-corrected chi connectivity index (χ1v) is 10.9. The first-order valence-electron chi connectivity index (χ1n) is 9.71. The van der Waals surface area contributed by atoms with E-state index in [0.29, 0.717) is 37.6 Å². The smallest absolute Gasteiger partial charge is 0.378 e. The molecule has 2 aromatic rings. The van der Waals surface area contributed by atoms with Gasteiger partial charge in [0.25, 0.3) is 11.6 Å². The summed E-state index contributed by atoms with van der Waals surface area (Å²) in [6.07, 6.45) is -3.11. The normalized spacial score (nSPS) is 18.3. The van der Waals surface area contributed by atoms with Crippen LogP contribution >= 0.6 is 24.0 Å². The van der Waals surface area contributed by atoms with E-state index in [-0.39, 0.29) is 20.6 Å². The van der Waals surface area contributed by atoms with Crippen molar-refractivity contribution in [3.63, 3.8) is 0 Å². The summed E-state index contributed by atoms with van der Waals surface area (Å²) in [4.78, 5) is 27.1. The maximum absolute atomic E-state index is 13.1. The minimum absolute atomic E-state index is 0.00405. The van der Waals surface area contributed by atoms with Crippen molar-refractivity contribution in [3.8, 4) is 0 Å². The van der Waals surface area contributed by atoms with Gasteiger partial charge in [0.1, 0.15) is 5.69 Å². The second kappa shape index (κ2) is 9.12. The lowest BCUT2D eigenvalue weighted by Crippen LogP contribution is -2.36. The summed E-state index contributed by atoms with van der Waals surface area (Å²) in [6.45, 7) is 1.99. The molecule has 2 aliphatic heterocycles. The summed E-state index contributed by atoms with van der Waals surface area (Å²) < 4.78 is 44.6. The number of thioether (sulfide) groups is 1. The fraction of sp³-hybridized carbons (Fsp3) is 0.238. The molecule has 2 saturated heterocycles. The van der Waals surface area contributed by atoms with Gasteiger partial charge in [0.15, 0.2) is 4.32 Å². The molecule has 2 aliphatic rings. The van der Waals surface area contributed by atoms with Crippen LogP contribution in [0.1, 0.15) is 11.1 Å². The number of hydrogen-bond donors (Lipinski definition) is 0. The maximum Gasteiger partial charge on any atom is 0.416 e. The molecular weight excluding hydrogens is 479 g/mol. The second-order valence-corrected chi connectivity index (χ2v) is 8.85. The molecule has 0 atom stereocenters. The van der Waals surface area contributed by atoms with Crippen molar-refractivity contribution in [1.82, 2.24) is 0 Å². The third-order valence-electron chi connectivity index (χ3n) is 5.07. The van der Waals surface area contributed by atoms with Crippen LogP contribution in [0.4, 0.5) is 30.2 Å². The molecule has 0 aliphatic carbocycles. The van der Waals surface area contributed by atoms with Crippen molar-refractivity contribution < 1.29 is 27.6 Å². The lowest BCUT2D eigenvalue weighted by Gasteiger charge is -2.28. The highest BCUT2D eigenvalue weighted by molar-refractivity contribution is 8.27. The number of carbonyl (C=O) groups is 1. The Morgan fingerprint density at radius 2 is 1.88 bits per heavy atom. The van der Waals surface area contributed by atoms with E-state index in [1.807, 2.05) is 4.90 Å². The van der Waals surface area contributed by atoms with Crippen molar-refractivity contribution >= 4 is 57.3 Å². The molecule has 0 saturated carbocycles. The van der Waals surface area contributed by atoms with Gasteiger partial charge in [-0.3, -0.25) is 19.8 Å². The van der Waals surface area contributed by atoms with E-state index in [4.69, 9.17) is 17.0 Å². The number of halogens is 3. The molecule has 1 amide bonds. The topological polar surface area (TPSA) is 75.9 Å². The molecule has 172 valence electrons. The van der Waals surface area contributed by atoms with Crippen LogP contribution in [0, 0.1) is 10.1 Å². The largest absolute Gasteiger partial charge is 0.416 e. The molecule has 0 aromatic heterocycles. The van der Waals surface area contributed by atoms with Crippen molar-refractivity contribution in [3.05, 3.63) is 68.6 Å². The number of amides is 1. The van der Waals surface area contributed by atoms with Gasteiger partial charge in [-0.15, -0.1) is 0 Å². The quantitative estimate of drug-likeness (QED) is 0.260. The van der Waals surface area contributed by atoms with Gasteiger partial charge < -0.3 is 9.64 Å². The van der Waals surface area contributed by atoms with Gasteiger partial charge in [-0.05, 0) is 35.9 Å². The molecule has 2 heterocycles. The highest BCUT2D eigenvalue weighted by Gasteiger charge is 2.36. The van der Waals surface area contributed by atoms with E-state index >= 15 is 0 Å². The number of hydrogen-bond acceptors (Lipinski definition) is 7. The Balaban J connectivity index is 1.64. The first kappa shape index (κ1) is 23.2. The molecule has 0 N–H and O–H groups in total. The van der Waals surface area contributed by atoms with Gasteiger partial charge in [0.2, 0.25) is 0 Å². The van der Waals surface area contributed by atoms with E-state index in [1.165, 1.54) is 24.3 Å². The number of nitro benzene ring substituents is 1. The van der Waals surface area contributed by atoms with Crippen LogP contribution < -0.4 is 9.80 Å². The summed E-state index contributed by atoms with van der Waals surface area (Å²) in [6, 6.07) is 8.96. The van der Waals surface area contributed by atoms with Crippen LogP contribution in [0.5, 0.6) is 0 Å². The average molecular weight is 496 g/mol. The summed E-state index contributed by atoms with van der Waals surface area (Å²) >= 11 is 6.14. The highest BCUT2D eigenvalue weighted by atomic mass is 32.2. The lowest BCUT2D eigenvalue weighted by molar-refractivity contribution is -0.384. The number of anilines is 2. The number of morpholine rings is 1. The average Bonchev–Trinajstić information content (AvgIpc) is 3.06. The molecule has 4 rings (SSSR count). The highest BCUT2D eigenvalue weighted by Crippen LogP contribution is 2.39. The van der Waals surface area contributed by atoms with Crippen LogP contribution in [-0.2, 0) is 15.7 Å². The Morgan fingerprint density at radius 1 is 1.15 bits per heavy atom. The predicted octanol–water partition coefficient (Wildman–Crippen LogP) is 4.86. The first-order chi connectivity index (χ1) is 15.6. The number of ether oxygens (including phenoxy) is 1. The Bertz CT molecular complexity index is 1160. The molecule has 12 heteroatoms. The number of benzene rings is 2. The summed E-state index contributed by atoms with van der Waals surface area (Å²) in [5.74, 6) is -0.593. The van der Waals surface area contributed by atoms with E-state index in [1.54, 1.807) is 12.1 Å². The zero-order valence-electron chi connectivity index (χ0n) is 16.9. The van der Waals surface area contributed by atoms with Gasteiger partial charge in [0.05, 0.1) is 34.3 Å².